The van der Waals surface area contributed by atoms with E-state index in [0.717, 1.165) is 21.3 Å². The van der Waals surface area contributed by atoms with Gasteiger partial charge in [-0.05, 0) is 45.8 Å². The van der Waals surface area contributed by atoms with E-state index in [1.807, 2.05) is 36.4 Å². The Hall–Kier alpha value is -0.900. The van der Waals surface area contributed by atoms with Crippen LogP contribution in [0.15, 0.2) is 40.9 Å². The summed E-state index contributed by atoms with van der Waals surface area (Å²) in [5, 5.41) is 0.169. The van der Waals surface area contributed by atoms with Crippen LogP contribution in [0, 0.1) is 0 Å². The van der Waals surface area contributed by atoms with Gasteiger partial charge in [0.15, 0.2) is 0 Å². The van der Waals surface area contributed by atoms with Gasteiger partial charge in [-0.2, -0.15) is 0 Å². The van der Waals surface area contributed by atoms with Crippen LogP contribution in [0.5, 0.6) is 11.5 Å². The van der Waals surface area contributed by atoms with E-state index < -0.39 is 5.38 Å². The molecule has 2 aromatic rings. The molecule has 5 heteroatoms. The van der Waals surface area contributed by atoms with Crippen LogP contribution in [0.4, 0.5) is 0 Å². The van der Waals surface area contributed by atoms with E-state index >= 15 is 0 Å². The van der Waals surface area contributed by atoms with Gasteiger partial charge in [0.25, 0.3) is 0 Å². The highest BCUT2D eigenvalue weighted by Gasteiger charge is 2.20. The lowest BCUT2D eigenvalue weighted by atomic mass is 10.0. The Morgan fingerprint density at radius 3 is 2.45 bits per heavy atom. The maximum absolute atomic E-state index is 6.58. The Kier molecular flexibility index (Phi) is 5.19. The van der Waals surface area contributed by atoms with Crippen LogP contribution in [-0.2, 0) is 0 Å². The molecule has 0 fully saturated rings. The predicted octanol–water partition coefficient (Wildman–Crippen LogP) is 5.45. The molecule has 0 saturated heterocycles. The zero-order valence-corrected chi connectivity index (χ0v) is 14.1. The maximum atomic E-state index is 6.58. The number of alkyl halides is 1. The zero-order chi connectivity index (χ0) is 14.7. The van der Waals surface area contributed by atoms with E-state index in [1.54, 1.807) is 14.2 Å². The van der Waals surface area contributed by atoms with Gasteiger partial charge >= 0.3 is 0 Å². The summed E-state index contributed by atoms with van der Waals surface area (Å²) in [7, 11) is 3.22. The second-order valence-electron chi connectivity index (χ2n) is 4.11. The van der Waals surface area contributed by atoms with Crippen molar-refractivity contribution in [3.05, 3.63) is 57.0 Å². The topological polar surface area (TPSA) is 18.5 Å². The van der Waals surface area contributed by atoms with Crippen molar-refractivity contribution in [1.29, 1.82) is 0 Å². The molecule has 0 radical (unpaired) electrons. The number of hydrogen-bond donors (Lipinski definition) is 0. The van der Waals surface area contributed by atoms with Gasteiger partial charge in [0, 0.05) is 10.0 Å². The highest BCUT2D eigenvalue weighted by molar-refractivity contribution is 9.10. The van der Waals surface area contributed by atoms with Crippen LogP contribution < -0.4 is 9.47 Å². The minimum atomic E-state index is -0.426. The number of ether oxygens (including phenoxy) is 2. The van der Waals surface area contributed by atoms with Crippen molar-refractivity contribution >= 4 is 39.1 Å². The fraction of sp³-hybridized carbons (Fsp3) is 0.200. The first-order valence-electron chi connectivity index (χ1n) is 5.88. The number of rotatable bonds is 4. The van der Waals surface area contributed by atoms with Gasteiger partial charge in [0.05, 0.1) is 24.6 Å². The largest absolute Gasteiger partial charge is 0.497 e. The highest BCUT2D eigenvalue weighted by atomic mass is 79.9. The Morgan fingerprint density at radius 2 is 1.80 bits per heavy atom. The predicted molar refractivity (Wildman–Crippen MR) is 86.4 cm³/mol. The molecule has 106 valence electrons. The molecule has 0 aliphatic carbocycles. The number of hydrogen-bond acceptors (Lipinski definition) is 2. The van der Waals surface area contributed by atoms with Crippen LogP contribution in [-0.4, -0.2) is 14.2 Å². The number of methoxy groups -OCH3 is 2. The Bertz CT molecular complexity index is 617. The van der Waals surface area contributed by atoms with Gasteiger partial charge < -0.3 is 9.47 Å². The lowest BCUT2D eigenvalue weighted by molar-refractivity contribution is 0.399. The van der Waals surface area contributed by atoms with Gasteiger partial charge in [-0.25, -0.2) is 0 Å². The van der Waals surface area contributed by atoms with E-state index in [4.69, 9.17) is 32.7 Å². The number of benzene rings is 2. The number of halogens is 3. The van der Waals surface area contributed by atoms with Crippen LogP contribution in [0.25, 0.3) is 0 Å². The summed E-state index contributed by atoms with van der Waals surface area (Å²) in [6.07, 6.45) is 0. The minimum absolute atomic E-state index is 0.426. The van der Waals surface area contributed by atoms with Gasteiger partial charge in [0.2, 0.25) is 0 Å². The molecular weight excluding hydrogens is 363 g/mol. The molecule has 2 aromatic carbocycles. The standard InChI is InChI=1S/C15H13BrCl2O2/c1-19-9-6-7-13(20-2)11(8-9)14(17)10-4-3-5-12(16)15(10)18/h3-8,14H,1-2H3. The van der Waals surface area contributed by atoms with E-state index in [2.05, 4.69) is 15.9 Å². The van der Waals surface area contributed by atoms with E-state index in [-0.39, 0.29) is 0 Å². The molecule has 0 amide bonds. The third-order valence-corrected chi connectivity index (χ3v) is 4.75. The molecule has 2 nitrogen and oxygen atoms in total. The second kappa shape index (κ2) is 6.70. The lowest BCUT2D eigenvalue weighted by Crippen LogP contribution is -1.99. The summed E-state index contributed by atoms with van der Waals surface area (Å²) >= 11 is 16.3. The first-order chi connectivity index (χ1) is 9.58. The zero-order valence-electron chi connectivity index (χ0n) is 11.0. The van der Waals surface area contributed by atoms with E-state index in [1.165, 1.54) is 0 Å². The molecule has 2 rings (SSSR count). The van der Waals surface area contributed by atoms with Crippen LogP contribution in [0.3, 0.4) is 0 Å². The lowest BCUT2D eigenvalue weighted by Gasteiger charge is -2.17. The highest BCUT2D eigenvalue weighted by Crippen LogP contribution is 2.41. The second-order valence-corrected chi connectivity index (χ2v) is 5.78. The van der Waals surface area contributed by atoms with Crippen molar-refractivity contribution in [2.75, 3.05) is 14.2 Å². The molecule has 0 aromatic heterocycles. The summed E-state index contributed by atoms with van der Waals surface area (Å²) < 4.78 is 11.4. The Morgan fingerprint density at radius 1 is 1.05 bits per heavy atom. The average Bonchev–Trinajstić information content (AvgIpc) is 2.48. The summed E-state index contributed by atoms with van der Waals surface area (Å²) in [4.78, 5) is 0. The molecule has 20 heavy (non-hydrogen) atoms. The summed E-state index contributed by atoms with van der Waals surface area (Å²) in [5.74, 6) is 1.42. The quantitative estimate of drug-likeness (QED) is 0.661. The van der Waals surface area contributed by atoms with Crippen molar-refractivity contribution in [2.45, 2.75) is 5.38 Å². The Labute approximate surface area is 136 Å². The molecule has 0 heterocycles. The van der Waals surface area contributed by atoms with E-state index in [0.29, 0.717) is 10.8 Å². The van der Waals surface area contributed by atoms with Gasteiger partial charge in [-0.1, -0.05) is 23.7 Å². The fourth-order valence-corrected chi connectivity index (χ4v) is 2.95. The molecule has 0 aliphatic rings. The van der Waals surface area contributed by atoms with Crippen molar-refractivity contribution in [1.82, 2.24) is 0 Å². The van der Waals surface area contributed by atoms with Gasteiger partial charge in [0.1, 0.15) is 11.5 Å². The molecule has 1 unspecified atom stereocenters. The van der Waals surface area contributed by atoms with Gasteiger partial charge in [-0.3, -0.25) is 0 Å². The SMILES string of the molecule is COc1ccc(OC)c(C(Cl)c2cccc(Br)c2Cl)c1. The fourth-order valence-electron chi connectivity index (χ4n) is 1.92. The molecule has 0 aliphatic heterocycles. The first kappa shape index (κ1) is 15.5. The van der Waals surface area contributed by atoms with Crippen LogP contribution >= 0.6 is 39.1 Å². The molecule has 0 N–H and O–H groups in total. The van der Waals surface area contributed by atoms with Crippen LogP contribution in [0.1, 0.15) is 16.5 Å². The summed E-state index contributed by atoms with van der Waals surface area (Å²) in [6.45, 7) is 0. The van der Waals surface area contributed by atoms with Crippen LogP contribution in [0.2, 0.25) is 5.02 Å². The molecular formula is C15H13BrCl2O2. The first-order valence-corrected chi connectivity index (χ1v) is 7.49. The minimum Gasteiger partial charge on any atom is -0.497 e. The van der Waals surface area contributed by atoms with Crippen molar-refractivity contribution in [3.63, 3.8) is 0 Å². The smallest absolute Gasteiger partial charge is 0.124 e. The third kappa shape index (κ3) is 3.05. The molecule has 0 spiro atoms. The van der Waals surface area contributed by atoms with Crippen molar-refractivity contribution < 1.29 is 9.47 Å². The Balaban J connectivity index is 2.51. The van der Waals surface area contributed by atoms with Crippen molar-refractivity contribution in [2.24, 2.45) is 0 Å². The summed E-state index contributed by atoms with van der Waals surface area (Å²) in [6, 6.07) is 11.2. The van der Waals surface area contributed by atoms with Gasteiger partial charge in [-0.15, -0.1) is 11.6 Å². The molecule has 0 bridgehead atoms. The third-order valence-electron chi connectivity index (χ3n) is 2.96. The summed E-state index contributed by atoms with van der Waals surface area (Å²) in [5.41, 5.74) is 1.63. The molecule has 0 saturated carbocycles. The van der Waals surface area contributed by atoms with E-state index in [9.17, 15) is 0 Å². The maximum Gasteiger partial charge on any atom is 0.124 e. The normalized spacial score (nSPS) is 12.1. The van der Waals surface area contributed by atoms with Crippen molar-refractivity contribution in [3.8, 4) is 11.5 Å². The monoisotopic (exact) mass is 374 g/mol. The molecule has 1 atom stereocenters. The average molecular weight is 376 g/mol.